The molecule has 2 heterocycles. The van der Waals surface area contributed by atoms with Crippen LogP contribution in [0, 0.1) is 0 Å². The van der Waals surface area contributed by atoms with Crippen LogP contribution in [0.2, 0.25) is 5.28 Å². The van der Waals surface area contributed by atoms with E-state index in [4.69, 9.17) is 21.4 Å². The Balaban J connectivity index is 1.94. The third-order valence-electron chi connectivity index (χ3n) is 2.30. The van der Waals surface area contributed by atoms with E-state index < -0.39 is 6.09 Å². The zero-order chi connectivity index (χ0) is 11.5. The number of aromatic nitrogens is 2. The van der Waals surface area contributed by atoms with E-state index in [2.05, 4.69) is 9.97 Å². The second-order valence-electron chi connectivity index (χ2n) is 3.42. The molecule has 0 aromatic carbocycles. The molecule has 6 nitrogen and oxygen atoms in total. The second-order valence-corrected chi connectivity index (χ2v) is 3.76. The minimum atomic E-state index is -0.924. The number of hydrogen-bond acceptors (Lipinski definition) is 4. The van der Waals surface area contributed by atoms with Crippen molar-refractivity contribution >= 4 is 17.7 Å². The van der Waals surface area contributed by atoms with Gasteiger partial charge in [-0.15, -0.1) is 0 Å². The summed E-state index contributed by atoms with van der Waals surface area (Å²) in [5.41, 5.74) is 0. The molecule has 1 amide bonds. The number of halogens is 1. The van der Waals surface area contributed by atoms with E-state index in [1.54, 1.807) is 6.07 Å². The van der Waals surface area contributed by atoms with Crippen LogP contribution >= 0.6 is 11.6 Å². The van der Waals surface area contributed by atoms with Gasteiger partial charge in [0.1, 0.15) is 6.10 Å². The minimum Gasteiger partial charge on any atom is -0.472 e. The first-order valence-electron chi connectivity index (χ1n) is 4.78. The van der Waals surface area contributed by atoms with Crippen molar-refractivity contribution < 1.29 is 14.6 Å². The lowest BCUT2D eigenvalue weighted by Crippen LogP contribution is -2.29. The van der Waals surface area contributed by atoms with Gasteiger partial charge in [-0.3, -0.25) is 0 Å². The Kier molecular flexibility index (Phi) is 3.09. The summed E-state index contributed by atoms with van der Waals surface area (Å²) in [6.07, 6.45) is 1.07. The Morgan fingerprint density at radius 1 is 1.69 bits per heavy atom. The van der Waals surface area contributed by atoms with Gasteiger partial charge >= 0.3 is 6.09 Å². The lowest BCUT2D eigenvalue weighted by molar-refractivity contribution is 0.144. The van der Waals surface area contributed by atoms with E-state index in [-0.39, 0.29) is 11.4 Å². The first-order valence-corrected chi connectivity index (χ1v) is 5.16. The molecule has 1 aliphatic heterocycles. The molecule has 1 aliphatic rings. The Morgan fingerprint density at radius 2 is 2.50 bits per heavy atom. The quantitative estimate of drug-likeness (QED) is 0.792. The normalized spacial score (nSPS) is 19.8. The van der Waals surface area contributed by atoms with Crippen LogP contribution in [-0.4, -0.2) is 45.3 Å². The Hall–Kier alpha value is -1.56. The minimum absolute atomic E-state index is 0.116. The molecular formula is C9H10ClN3O3. The monoisotopic (exact) mass is 243 g/mol. The number of likely N-dealkylation sites (tertiary alicyclic amines) is 1. The molecule has 0 radical (unpaired) electrons. The number of carbonyl (C=O) groups is 1. The molecule has 7 heteroatoms. The van der Waals surface area contributed by atoms with Crippen LogP contribution in [0.15, 0.2) is 12.3 Å². The smallest absolute Gasteiger partial charge is 0.407 e. The van der Waals surface area contributed by atoms with Crippen molar-refractivity contribution in [2.45, 2.75) is 12.5 Å². The van der Waals surface area contributed by atoms with Crippen LogP contribution < -0.4 is 4.74 Å². The molecule has 0 saturated carbocycles. The Bertz CT molecular complexity index is 401. The van der Waals surface area contributed by atoms with E-state index in [0.717, 1.165) is 0 Å². The van der Waals surface area contributed by atoms with Crippen molar-refractivity contribution in [2.24, 2.45) is 0 Å². The van der Waals surface area contributed by atoms with Crippen molar-refractivity contribution in [3.05, 3.63) is 17.5 Å². The van der Waals surface area contributed by atoms with Gasteiger partial charge in [0.05, 0.1) is 6.54 Å². The fraction of sp³-hybridized carbons (Fsp3) is 0.444. The fourth-order valence-corrected chi connectivity index (χ4v) is 1.69. The highest BCUT2D eigenvalue weighted by Crippen LogP contribution is 2.17. The van der Waals surface area contributed by atoms with Gasteiger partial charge in [0.25, 0.3) is 0 Å². The summed E-state index contributed by atoms with van der Waals surface area (Å²) in [6.45, 7) is 0.843. The Morgan fingerprint density at radius 3 is 3.12 bits per heavy atom. The van der Waals surface area contributed by atoms with Crippen molar-refractivity contribution in [3.8, 4) is 5.88 Å². The summed E-state index contributed by atoms with van der Waals surface area (Å²) in [4.78, 5) is 19.6. The molecule has 0 aliphatic carbocycles. The van der Waals surface area contributed by atoms with Gasteiger partial charge in [0.2, 0.25) is 11.2 Å². The van der Waals surface area contributed by atoms with Crippen LogP contribution in [0.3, 0.4) is 0 Å². The van der Waals surface area contributed by atoms with Crippen LogP contribution in [0.5, 0.6) is 5.88 Å². The number of amides is 1. The van der Waals surface area contributed by atoms with Gasteiger partial charge in [-0.05, 0) is 11.6 Å². The predicted molar refractivity (Wildman–Crippen MR) is 55.7 cm³/mol. The van der Waals surface area contributed by atoms with Gasteiger partial charge in [-0.2, -0.15) is 4.98 Å². The molecule has 0 bridgehead atoms. The maximum absolute atomic E-state index is 10.7. The number of carboxylic acid groups (broad SMARTS) is 1. The highest BCUT2D eigenvalue weighted by atomic mass is 35.5. The van der Waals surface area contributed by atoms with Crippen LogP contribution in [0.1, 0.15) is 6.42 Å². The first-order chi connectivity index (χ1) is 7.65. The van der Waals surface area contributed by atoms with Gasteiger partial charge in [-0.1, -0.05) is 0 Å². The van der Waals surface area contributed by atoms with Crippen molar-refractivity contribution in [1.82, 2.24) is 14.9 Å². The SMILES string of the molecule is O=C(O)N1CCC(Oc2ccnc(Cl)n2)C1. The number of rotatable bonds is 2. The summed E-state index contributed by atoms with van der Waals surface area (Å²) in [5.74, 6) is 0.372. The van der Waals surface area contributed by atoms with Gasteiger partial charge in [0, 0.05) is 25.2 Å². The zero-order valence-electron chi connectivity index (χ0n) is 8.34. The molecule has 2 rings (SSSR count). The van der Waals surface area contributed by atoms with E-state index >= 15 is 0 Å². The number of hydrogen-bond donors (Lipinski definition) is 1. The van der Waals surface area contributed by atoms with E-state index in [1.807, 2.05) is 0 Å². The molecule has 16 heavy (non-hydrogen) atoms. The lowest BCUT2D eigenvalue weighted by Gasteiger charge is -2.13. The third-order valence-corrected chi connectivity index (χ3v) is 2.49. The molecule has 1 N–H and O–H groups in total. The Labute approximate surface area is 96.8 Å². The molecular weight excluding hydrogens is 234 g/mol. The van der Waals surface area contributed by atoms with Gasteiger partial charge in [-0.25, -0.2) is 9.78 Å². The molecule has 0 spiro atoms. The highest BCUT2D eigenvalue weighted by molar-refractivity contribution is 6.28. The average molecular weight is 244 g/mol. The second kappa shape index (κ2) is 4.52. The third kappa shape index (κ3) is 2.52. The molecule has 1 atom stereocenters. The van der Waals surface area contributed by atoms with E-state index in [1.165, 1.54) is 11.1 Å². The highest BCUT2D eigenvalue weighted by Gasteiger charge is 2.27. The van der Waals surface area contributed by atoms with Crippen molar-refractivity contribution in [2.75, 3.05) is 13.1 Å². The summed E-state index contributed by atoms with van der Waals surface area (Å²) in [7, 11) is 0. The fourth-order valence-electron chi connectivity index (χ4n) is 1.55. The molecule has 1 fully saturated rings. The zero-order valence-corrected chi connectivity index (χ0v) is 9.09. The summed E-state index contributed by atoms with van der Waals surface area (Å²) >= 11 is 5.60. The molecule has 1 aromatic heterocycles. The van der Waals surface area contributed by atoms with Crippen LogP contribution in [0.4, 0.5) is 4.79 Å². The average Bonchev–Trinajstić information content (AvgIpc) is 2.66. The molecule has 1 saturated heterocycles. The summed E-state index contributed by atoms with van der Waals surface area (Å²) < 4.78 is 5.50. The standard InChI is InChI=1S/C9H10ClN3O3/c10-8-11-3-1-7(12-8)16-6-2-4-13(5-6)9(14)15/h1,3,6H,2,4-5H2,(H,14,15). The van der Waals surface area contributed by atoms with E-state index in [0.29, 0.717) is 25.4 Å². The topological polar surface area (TPSA) is 75.5 Å². The van der Waals surface area contributed by atoms with Gasteiger partial charge in [0.15, 0.2) is 0 Å². The predicted octanol–water partition coefficient (Wildman–Crippen LogP) is 1.26. The molecule has 1 aromatic rings. The maximum Gasteiger partial charge on any atom is 0.407 e. The maximum atomic E-state index is 10.7. The first kappa shape index (κ1) is 10.9. The molecule has 86 valence electrons. The van der Waals surface area contributed by atoms with Crippen LogP contribution in [0.25, 0.3) is 0 Å². The number of ether oxygens (including phenoxy) is 1. The molecule has 1 unspecified atom stereocenters. The van der Waals surface area contributed by atoms with Crippen molar-refractivity contribution in [3.63, 3.8) is 0 Å². The summed E-state index contributed by atoms with van der Waals surface area (Å²) in [5, 5.41) is 8.88. The number of nitrogens with zero attached hydrogens (tertiary/aromatic N) is 3. The van der Waals surface area contributed by atoms with Crippen LogP contribution in [-0.2, 0) is 0 Å². The largest absolute Gasteiger partial charge is 0.472 e. The lowest BCUT2D eigenvalue weighted by atomic mass is 10.3. The van der Waals surface area contributed by atoms with E-state index in [9.17, 15) is 4.79 Å². The van der Waals surface area contributed by atoms with Gasteiger partial charge < -0.3 is 14.7 Å². The van der Waals surface area contributed by atoms with Crippen molar-refractivity contribution in [1.29, 1.82) is 0 Å². The summed E-state index contributed by atoms with van der Waals surface area (Å²) in [6, 6.07) is 1.59.